The van der Waals surface area contributed by atoms with E-state index >= 15 is 0 Å². The first-order valence-electron chi connectivity index (χ1n) is 22.5. The van der Waals surface area contributed by atoms with Gasteiger partial charge in [-0.15, -0.1) is 0 Å². The van der Waals surface area contributed by atoms with Crippen molar-refractivity contribution in [2.24, 2.45) is 0 Å². The average Bonchev–Trinajstić information content (AvgIpc) is 3.08. The molecule has 3 nitrogen and oxygen atoms in total. The van der Waals surface area contributed by atoms with Crippen molar-refractivity contribution >= 4 is 0 Å². The topological polar surface area (TPSA) is 21.7 Å². The van der Waals surface area contributed by atoms with Crippen LogP contribution in [0.2, 0.25) is 0 Å². The summed E-state index contributed by atoms with van der Waals surface area (Å²) in [7, 11) is 4.29. The second-order valence-corrected chi connectivity index (χ2v) is 15.9. The molecule has 290 valence electrons. The van der Waals surface area contributed by atoms with Crippen molar-refractivity contribution < 1.29 is 9.47 Å². The molecule has 0 saturated heterocycles. The van der Waals surface area contributed by atoms with E-state index in [-0.39, 0.29) is 6.10 Å². The smallest absolute Gasteiger partial charge is 0.0934 e. The van der Waals surface area contributed by atoms with Crippen LogP contribution in [0, 0.1) is 0 Å². The van der Waals surface area contributed by atoms with Gasteiger partial charge in [0.25, 0.3) is 0 Å². The van der Waals surface area contributed by atoms with E-state index in [9.17, 15) is 0 Å². The third-order valence-electron chi connectivity index (χ3n) is 10.4. The van der Waals surface area contributed by atoms with Crippen molar-refractivity contribution in [1.29, 1.82) is 0 Å². The van der Waals surface area contributed by atoms with Gasteiger partial charge in [0.15, 0.2) is 0 Å². The van der Waals surface area contributed by atoms with Crippen molar-refractivity contribution in [3.63, 3.8) is 0 Å². The molecular formula is C45H93NO2. The average molecular weight is 680 g/mol. The third-order valence-corrected chi connectivity index (χ3v) is 10.4. The van der Waals surface area contributed by atoms with Crippen LogP contribution in [-0.2, 0) is 9.47 Å². The lowest BCUT2D eigenvalue weighted by atomic mass is 10.0. The third kappa shape index (κ3) is 42.0. The molecule has 0 fully saturated rings. The molecular weight excluding hydrogens is 587 g/mol. The Morgan fingerprint density at radius 1 is 0.333 bits per heavy atom. The molecule has 0 aliphatic rings. The summed E-state index contributed by atoms with van der Waals surface area (Å²) in [6.45, 7) is 8.09. The monoisotopic (exact) mass is 680 g/mol. The lowest BCUT2D eigenvalue weighted by Crippen LogP contribution is -2.32. The zero-order chi connectivity index (χ0) is 34.9. The van der Waals surface area contributed by atoms with Crippen LogP contribution in [0.1, 0.15) is 245 Å². The van der Waals surface area contributed by atoms with Gasteiger partial charge in [0.05, 0.1) is 12.7 Å². The first kappa shape index (κ1) is 47.9. The highest BCUT2D eigenvalue weighted by atomic mass is 16.5. The van der Waals surface area contributed by atoms with Gasteiger partial charge in [-0.3, -0.25) is 0 Å². The molecule has 48 heavy (non-hydrogen) atoms. The molecule has 0 aromatic carbocycles. The van der Waals surface area contributed by atoms with E-state index < -0.39 is 0 Å². The number of nitrogens with zero attached hydrogens (tertiary/aromatic N) is 1. The van der Waals surface area contributed by atoms with Crippen LogP contribution < -0.4 is 0 Å². The van der Waals surface area contributed by atoms with Crippen LogP contribution in [-0.4, -0.2) is 51.5 Å². The number of hydrogen-bond donors (Lipinski definition) is 0. The minimum absolute atomic E-state index is 0.210. The SMILES string of the molecule is CCCCCCCCCCCCCCCCCCCCOCC(CN(C)C)OCCCCCCCCCCCCCCCCCCCC. The predicted octanol–water partition coefficient (Wildman–Crippen LogP) is 15.0. The first-order valence-corrected chi connectivity index (χ1v) is 22.5. The maximum absolute atomic E-state index is 6.26. The molecule has 0 saturated carbocycles. The summed E-state index contributed by atoms with van der Waals surface area (Å²) in [5, 5.41) is 0. The summed E-state index contributed by atoms with van der Waals surface area (Å²) in [6.07, 6.45) is 51.4. The molecule has 0 aliphatic heterocycles. The summed E-state index contributed by atoms with van der Waals surface area (Å²) in [4.78, 5) is 2.24. The minimum Gasteiger partial charge on any atom is -0.379 e. The Morgan fingerprint density at radius 3 is 0.854 bits per heavy atom. The van der Waals surface area contributed by atoms with Gasteiger partial charge >= 0.3 is 0 Å². The fourth-order valence-electron chi connectivity index (χ4n) is 7.14. The molecule has 0 amide bonds. The highest BCUT2D eigenvalue weighted by molar-refractivity contribution is 4.61. The number of hydrogen-bond acceptors (Lipinski definition) is 3. The molecule has 0 bridgehead atoms. The number of rotatable bonds is 43. The van der Waals surface area contributed by atoms with Crippen molar-refractivity contribution in [2.75, 3.05) is 40.5 Å². The lowest BCUT2D eigenvalue weighted by Gasteiger charge is -2.21. The van der Waals surface area contributed by atoms with E-state index in [1.165, 1.54) is 231 Å². The molecule has 0 aliphatic carbocycles. The van der Waals surface area contributed by atoms with Crippen LogP contribution in [0.25, 0.3) is 0 Å². The van der Waals surface area contributed by atoms with E-state index in [1.54, 1.807) is 0 Å². The Morgan fingerprint density at radius 2 is 0.583 bits per heavy atom. The van der Waals surface area contributed by atoms with Gasteiger partial charge in [0, 0.05) is 19.8 Å². The quantitative estimate of drug-likeness (QED) is 0.0599. The van der Waals surface area contributed by atoms with Gasteiger partial charge in [-0.2, -0.15) is 0 Å². The van der Waals surface area contributed by atoms with Gasteiger partial charge in [0.2, 0.25) is 0 Å². The molecule has 0 rings (SSSR count). The van der Waals surface area contributed by atoms with Crippen LogP contribution in [0.15, 0.2) is 0 Å². The summed E-state index contributed by atoms with van der Waals surface area (Å²) in [6, 6.07) is 0. The standard InChI is InChI=1S/C45H93NO2/c1-5-7-9-11-13-15-17-19-21-23-25-27-29-31-33-35-37-39-41-47-44-45(43-46(3)4)48-42-40-38-36-34-32-30-28-26-24-22-20-18-16-14-12-10-8-6-2/h45H,5-44H2,1-4H3. The van der Waals surface area contributed by atoms with Gasteiger partial charge in [-0.25, -0.2) is 0 Å². The second kappa shape index (κ2) is 43.0. The molecule has 1 unspecified atom stereocenters. The largest absolute Gasteiger partial charge is 0.379 e. The predicted molar refractivity (Wildman–Crippen MR) is 217 cm³/mol. The van der Waals surface area contributed by atoms with Crippen molar-refractivity contribution in [2.45, 2.75) is 251 Å². The summed E-state index contributed by atoms with van der Waals surface area (Å²) >= 11 is 0. The Kier molecular flexibility index (Phi) is 42.9. The van der Waals surface area contributed by atoms with Crippen LogP contribution >= 0.6 is 0 Å². The Balaban J connectivity index is 3.42. The van der Waals surface area contributed by atoms with E-state index in [0.29, 0.717) is 0 Å². The lowest BCUT2D eigenvalue weighted by molar-refractivity contribution is -0.0287. The van der Waals surface area contributed by atoms with Crippen molar-refractivity contribution in [1.82, 2.24) is 4.90 Å². The van der Waals surface area contributed by atoms with E-state index in [4.69, 9.17) is 9.47 Å². The Hall–Kier alpha value is -0.120. The molecule has 0 spiro atoms. The number of unbranched alkanes of at least 4 members (excludes halogenated alkanes) is 34. The fourth-order valence-corrected chi connectivity index (χ4v) is 7.14. The van der Waals surface area contributed by atoms with Crippen LogP contribution in [0.3, 0.4) is 0 Å². The molecule has 0 N–H and O–H groups in total. The number of ether oxygens (including phenoxy) is 2. The second-order valence-electron chi connectivity index (χ2n) is 15.9. The Bertz CT molecular complexity index is 553. The van der Waals surface area contributed by atoms with Crippen molar-refractivity contribution in [3.05, 3.63) is 0 Å². The zero-order valence-electron chi connectivity index (χ0n) is 34.1. The highest BCUT2D eigenvalue weighted by Gasteiger charge is 2.11. The molecule has 0 aromatic heterocycles. The van der Waals surface area contributed by atoms with E-state index in [2.05, 4.69) is 32.8 Å². The molecule has 3 heteroatoms. The number of likely N-dealkylation sites (N-methyl/N-ethyl adjacent to an activating group) is 1. The van der Waals surface area contributed by atoms with Gasteiger partial charge in [-0.05, 0) is 26.9 Å². The Labute approximate surface area is 305 Å². The van der Waals surface area contributed by atoms with Crippen LogP contribution in [0.5, 0.6) is 0 Å². The summed E-state index contributed by atoms with van der Waals surface area (Å²) in [5.74, 6) is 0. The normalized spacial score (nSPS) is 12.4. The maximum atomic E-state index is 6.26. The van der Waals surface area contributed by atoms with E-state index in [0.717, 1.165) is 26.4 Å². The van der Waals surface area contributed by atoms with E-state index in [1.807, 2.05) is 0 Å². The van der Waals surface area contributed by atoms with Gasteiger partial charge in [-0.1, -0.05) is 232 Å². The summed E-state index contributed by atoms with van der Waals surface area (Å²) < 4.78 is 12.3. The fraction of sp³-hybridized carbons (Fsp3) is 1.00. The first-order chi connectivity index (χ1) is 23.7. The molecule has 1 atom stereocenters. The summed E-state index contributed by atoms with van der Waals surface area (Å²) in [5.41, 5.74) is 0. The molecule has 0 heterocycles. The van der Waals surface area contributed by atoms with Crippen LogP contribution in [0.4, 0.5) is 0 Å². The zero-order valence-corrected chi connectivity index (χ0v) is 34.1. The van der Waals surface area contributed by atoms with Gasteiger partial charge < -0.3 is 14.4 Å². The van der Waals surface area contributed by atoms with Gasteiger partial charge in [0.1, 0.15) is 0 Å². The maximum Gasteiger partial charge on any atom is 0.0934 e. The molecule has 0 radical (unpaired) electrons. The highest BCUT2D eigenvalue weighted by Crippen LogP contribution is 2.16. The minimum atomic E-state index is 0.210. The molecule has 0 aromatic rings. The van der Waals surface area contributed by atoms with Crippen molar-refractivity contribution in [3.8, 4) is 0 Å².